The van der Waals surface area contributed by atoms with Crippen LogP contribution in [-0.2, 0) is 4.79 Å². The molecular weight excluding hydrogens is 346 g/mol. The van der Waals surface area contributed by atoms with E-state index in [0.29, 0.717) is 29.8 Å². The average molecular weight is 365 g/mol. The number of nitrogens with zero attached hydrogens (tertiary/aromatic N) is 2. The third kappa shape index (κ3) is 4.03. The van der Waals surface area contributed by atoms with Crippen molar-refractivity contribution >= 4 is 34.8 Å². The largest absolute Gasteiger partial charge is 0.383 e. The first-order chi connectivity index (χ1) is 13.0. The fourth-order valence-corrected chi connectivity index (χ4v) is 3.01. The zero-order chi connectivity index (χ0) is 19.4. The van der Waals surface area contributed by atoms with Crippen LogP contribution < -0.4 is 10.2 Å². The highest BCUT2D eigenvalue weighted by Gasteiger charge is 2.21. The molecule has 27 heavy (non-hydrogen) atoms. The topological polar surface area (TPSA) is 92.6 Å². The Bertz CT molecular complexity index is 919. The normalized spacial score (nSPS) is 14.0. The number of rotatable bonds is 6. The molecule has 7 heteroatoms. The van der Waals surface area contributed by atoms with Gasteiger partial charge in [-0.1, -0.05) is 12.1 Å². The maximum Gasteiger partial charge on any atom is 0.292 e. The van der Waals surface area contributed by atoms with Crippen LogP contribution in [0.4, 0.5) is 17.1 Å². The summed E-state index contributed by atoms with van der Waals surface area (Å²) in [5.41, 5.74) is 2.20. The Morgan fingerprint density at radius 3 is 2.56 bits per heavy atom. The molecular formula is C20H19N3O4. The van der Waals surface area contributed by atoms with Gasteiger partial charge in [-0.15, -0.1) is 0 Å². The first-order valence-electron chi connectivity index (χ1n) is 8.58. The Labute approximate surface area is 156 Å². The molecule has 0 spiro atoms. The van der Waals surface area contributed by atoms with Gasteiger partial charge in [0.15, 0.2) is 5.78 Å². The molecule has 1 fully saturated rings. The van der Waals surface area contributed by atoms with Crippen LogP contribution in [0.15, 0.2) is 48.5 Å². The summed E-state index contributed by atoms with van der Waals surface area (Å²) in [6, 6.07) is 11.6. The van der Waals surface area contributed by atoms with Gasteiger partial charge < -0.3 is 10.2 Å². The number of hydrogen-bond donors (Lipinski definition) is 1. The van der Waals surface area contributed by atoms with Crippen molar-refractivity contribution in [2.45, 2.75) is 12.8 Å². The maximum absolute atomic E-state index is 12.3. The number of nitro benzene ring substituents is 1. The monoisotopic (exact) mass is 365 g/mol. The molecule has 0 bridgehead atoms. The fraction of sp³-hybridized carbons (Fsp3) is 0.200. The van der Waals surface area contributed by atoms with Crippen molar-refractivity contribution in [2.75, 3.05) is 23.8 Å². The Hall–Kier alpha value is -3.48. The van der Waals surface area contributed by atoms with Crippen LogP contribution in [0.25, 0.3) is 6.08 Å². The number of anilines is 2. The van der Waals surface area contributed by atoms with Crippen molar-refractivity contribution < 1.29 is 14.5 Å². The Kier molecular flexibility index (Phi) is 5.30. The summed E-state index contributed by atoms with van der Waals surface area (Å²) >= 11 is 0. The van der Waals surface area contributed by atoms with Gasteiger partial charge in [-0.3, -0.25) is 19.7 Å². The third-order valence-corrected chi connectivity index (χ3v) is 4.45. The van der Waals surface area contributed by atoms with E-state index in [0.717, 1.165) is 12.1 Å². The summed E-state index contributed by atoms with van der Waals surface area (Å²) < 4.78 is 0. The van der Waals surface area contributed by atoms with Crippen LogP contribution >= 0.6 is 0 Å². The molecule has 1 heterocycles. The number of carbonyl (C=O) groups excluding carboxylic acids is 2. The second-order valence-corrected chi connectivity index (χ2v) is 6.18. The minimum atomic E-state index is -0.469. The van der Waals surface area contributed by atoms with Crippen molar-refractivity contribution in [3.8, 4) is 0 Å². The molecule has 138 valence electrons. The predicted molar refractivity (Wildman–Crippen MR) is 104 cm³/mol. The van der Waals surface area contributed by atoms with Gasteiger partial charge in [0.05, 0.1) is 4.92 Å². The molecule has 2 aromatic carbocycles. The van der Waals surface area contributed by atoms with Crippen LogP contribution in [-0.4, -0.2) is 30.2 Å². The van der Waals surface area contributed by atoms with Gasteiger partial charge in [0.1, 0.15) is 5.69 Å². The SMILES string of the molecule is CNc1ccc(/C=C/C(=O)c2ccc(N3CCCC3=O)cc2)cc1[N+](=O)[O-]. The predicted octanol–water partition coefficient (Wildman–Crippen LogP) is 3.66. The molecule has 0 radical (unpaired) electrons. The van der Waals surface area contributed by atoms with Crippen LogP contribution in [0, 0.1) is 10.1 Å². The maximum atomic E-state index is 12.3. The molecule has 0 saturated carbocycles. The molecule has 1 aliphatic rings. The highest BCUT2D eigenvalue weighted by Crippen LogP contribution is 2.26. The quantitative estimate of drug-likeness (QED) is 0.365. The number of ketones is 1. The second kappa shape index (κ2) is 7.82. The van der Waals surface area contributed by atoms with E-state index in [1.54, 1.807) is 54.4 Å². The zero-order valence-corrected chi connectivity index (χ0v) is 14.8. The van der Waals surface area contributed by atoms with Crippen LogP contribution in [0.2, 0.25) is 0 Å². The summed E-state index contributed by atoms with van der Waals surface area (Å²) in [5.74, 6) is -0.116. The molecule has 2 aromatic rings. The summed E-state index contributed by atoms with van der Waals surface area (Å²) in [6.07, 6.45) is 4.34. The number of amides is 1. The van der Waals surface area contributed by atoms with Crippen molar-refractivity contribution in [3.05, 3.63) is 69.8 Å². The van der Waals surface area contributed by atoms with E-state index >= 15 is 0 Å². The molecule has 1 saturated heterocycles. The van der Waals surface area contributed by atoms with Gasteiger partial charge in [0.2, 0.25) is 5.91 Å². The van der Waals surface area contributed by atoms with Crippen molar-refractivity contribution in [1.29, 1.82) is 0 Å². The lowest BCUT2D eigenvalue weighted by molar-refractivity contribution is -0.384. The summed E-state index contributed by atoms with van der Waals surface area (Å²) in [7, 11) is 1.61. The number of hydrogen-bond acceptors (Lipinski definition) is 5. The second-order valence-electron chi connectivity index (χ2n) is 6.18. The van der Waals surface area contributed by atoms with Crippen LogP contribution in [0.5, 0.6) is 0 Å². The third-order valence-electron chi connectivity index (χ3n) is 4.45. The average Bonchev–Trinajstić information content (AvgIpc) is 3.11. The summed E-state index contributed by atoms with van der Waals surface area (Å²) in [4.78, 5) is 36.5. The lowest BCUT2D eigenvalue weighted by Crippen LogP contribution is -2.23. The van der Waals surface area contributed by atoms with E-state index in [1.165, 1.54) is 12.1 Å². The minimum Gasteiger partial charge on any atom is -0.383 e. The number of allylic oxidation sites excluding steroid dienone is 1. The molecule has 3 rings (SSSR count). The lowest BCUT2D eigenvalue weighted by atomic mass is 10.1. The molecule has 1 amide bonds. The molecule has 7 nitrogen and oxygen atoms in total. The Balaban J connectivity index is 1.74. The molecule has 0 atom stereocenters. The van der Waals surface area contributed by atoms with Gasteiger partial charge in [-0.05, 0) is 48.4 Å². The van der Waals surface area contributed by atoms with Gasteiger partial charge in [0, 0.05) is 37.3 Å². The number of carbonyl (C=O) groups is 2. The minimum absolute atomic E-state index is 0.0493. The van der Waals surface area contributed by atoms with Gasteiger partial charge in [-0.2, -0.15) is 0 Å². The molecule has 0 unspecified atom stereocenters. The number of nitrogens with one attached hydrogen (secondary N) is 1. The summed E-state index contributed by atoms with van der Waals surface area (Å²) in [5, 5.41) is 13.9. The Morgan fingerprint density at radius 2 is 1.96 bits per heavy atom. The fourth-order valence-electron chi connectivity index (χ4n) is 3.01. The van der Waals surface area contributed by atoms with E-state index in [9.17, 15) is 19.7 Å². The number of nitro groups is 1. The molecule has 0 aromatic heterocycles. The van der Waals surface area contributed by atoms with Crippen molar-refractivity contribution in [2.24, 2.45) is 0 Å². The van der Waals surface area contributed by atoms with E-state index in [-0.39, 0.29) is 17.4 Å². The first-order valence-corrected chi connectivity index (χ1v) is 8.58. The molecule has 1 aliphatic heterocycles. The van der Waals surface area contributed by atoms with E-state index in [2.05, 4.69) is 5.32 Å². The molecule has 1 N–H and O–H groups in total. The van der Waals surface area contributed by atoms with Crippen molar-refractivity contribution in [3.63, 3.8) is 0 Å². The zero-order valence-electron chi connectivity index (χ0n) is 14.8. The molecule has 0 aliphatic carbocycles. The smallest absolute Gasteiger partial charge is 0.292 e. The lowest BCUT2D eigenvalue weighted by Gasteiger charge is -2.15. The summed E-state index contributed by atoms with van der Waals surface area (Å²) in [6.45, 7) is 0.702. The van der Waals surface area contributed by atoms with Crippen LogP contribution in [0.1, 0.15) is 28.8 Å². The highest BCUT2D eigenvalue weighted by molar-refractivity contribution is 6.07. The Morgan fingerprint density at radius 1 is 1.22 bits per heavy atom. The van der Waals surface area contributed by atoms with Gasteiger partial charge >= 0.3 is 0 Å². The van der Waals surface area contributed by atoms with Gasteiger partial charge in [-0.25, -0.2) is 0 Å². The van der Waals surface area contributed by atoms with E-state index in [1.807, 2.05) is 0 Å². The number of benzene rings is 2. The van der Waals surface area contributed by atoms with E-state index in [4.69, 9.17) is 0 Å². The van der Waals surface area contributed by atoms with E-state index < -0.39 is 4.92 Å². The van der Waals surface area contributed by atoms with Gasteiger partial charge in [0.25, 0.3) is 5.69 Å². The standard InChI is InChI=1S/C20H19N3O4/c1-21-17-10-4-14(13-18(17)23(26)27)5-11-19(24)15-6-8-16(9-7-15)22-12-2-3-20(22)25/h4-11,13,21H,2-3,12H2,1H3/b11-5+. The highest BCUT2D eigenvalue weighted by atomic mass is 16.6. The van der Waals surface area contributed by atoms with Crippen LogP contribution in [0.3, 0.4) is 0 Å². The first kappa shape index (κ1) is 18.3. The van der Waals surface area contributed by atoms with Crippen molar-refractivity contribution in [1.82, 2.24) is 0 Å².